The number of likely N-dealkylation sites (tertiary alicyclic amines) is 1. The number of primary sulfonamides is 2. The third-order valence-corrected chi connectivity index (χ3v) is 7.21. The molecule has 0 saturated carbocycles. The zero-order valence-electron chi connectivity index (χ0n) is 19.4. The van der Waals surface area contributed by atoms with E-state index < -0.39 is 71.4 Å². The number of anilines is 1. The van der Waals surface area contributed by atoms with Crippen molar-refractivity contribution in [3.05, 3.63) is 62.4 Å². The molecule has 0 bridgehead atoms. The standard InChI is InChI=1S/C13H18F2N4O4S.C6H5FN2O4S/c14-6-10(7-15)18-4-3-9(8-18)17-12-2-1-11(24(16,22)23)5-13(12)19(20)21;7-5-2-1-4(14(8,12)13)3-6(5)9(10)11/h1-2,5,9-10,17H,3-4,6-8H2,(H2,16,22,23);1-3H,(H2,8,12,13)/t9-;/m1./s1. The van der Waals surface area contributed by atoms with Gasteiger partial charge in [-0.3, -0.25) is 25.1 Å². The van der Waals surface area contributed by atoms with Crippen molar-refractivity contribution < 1.29 is 39.9 Å². The van der Waals surface area contributed by atoms with Crippen LogP contribution in [0.15, 0.2) is 46.2 Å². The second-order valence-electron chi connectivity index (χ2n) is 7.98. The monoisotopic (exact) mass is 584 g/mol. The van der Waals surface area contributed by atoms with Crippen molar-refractivity contribution in [2.75, 3.05) is 31.8 Å². The van der Waals surface area contributed by atoms with E-state index >= 15 is 0 Å². The number of hydrogen-bond donors (Lipinski definition) is 3. The van der Waals surface area contributed by atoms with Gasteiger partial charge in [0.25, 0.3) is 5.69 Å². The molecule has 14 nitrogen and oxygen atoms in total. The number of nitro benzene ring substituents is 2. The number of rotatable bonds is 9. The van der Waals surface area contributed by atoms with Crippen molar-refractivity contribution in [2.45, 2.75) is 28.3 Å². The summed E-state index contributed by atoms with van der Waals surface area (Å²) in [5.74, 6) is -1.11. The normalized spacial score (nSPS) is 16.1. The van der Waals surface area contributed by atoms with Crippen LogP contribution in [0.2, 0.25) is 0 Å². The number of hydrogen-bond acceptors (Lipinski definition) is 10. The Kier molecular flexibility index (Phi) is 10.1. The van der Waals surface area contributed by atoms with Gasteiger partial charge in [-0.25, -0.2) is 35.9 Å². The van der Waals surface area contributed by atoms with E-state index in [-0.39, 0.29) is 16.6 Å². The summed E-state index contributed by atoms with van der Waals surface area (Å²) in [6.07, 6.45) is 0.560. The minimum absolute atomic E-state index is 0.135. The van der Waals surface area contributed by atoms with E-state index in [2.05, 4.69) is 5.32 Å². The van der Waals surface area contributed by atoms with Gasteiger partial charge in [0.15, 0.2) is 0 Å². The van der Waals surface area contributed by atoms with Crippen molar-refractivity contribution in [3.8, 4) is 0 Å². The highest BCUT2D eigenvalue weighted by atomic mass is 32.2. The number of benzene rings is 2. The van der Waals surface area contributed by atoms with E-state index in [0.717, 1.165) is 12.1 Å². The van der Waals surface area contributed by atoms with E-state index in [0.29, 0.717) is 31.6 Å². The molecule has 1 aliphatic rings. The lowest BCUT2D eigenvalue weighted by atomic mass is 10.2. The highest BCUT2D eigenvalue weighted by molar-refractivity contribution is 7.89. The van der Waals surface area contributed by atoms with Crippen LogP contribution in [-0.4, -0.2) is 70.1 Å². The molecule has 1 fully saturated rings. The van der Waals surface area contributed by atoms with Crippen molar-refractivity contribution in [1.29, 1.82) is 0 Å². The molecule has 2 aromatic carbocycles. The molecular formula is C19H23F3N6O8S2. The highest BCUT2D eigenvalue weighted by Crippen LogP contribution is 2.29. The van der Waals surface area contributed by atoms with Crippen LogP contribution in [0.4, 0.5) is 30.2 Å². The molecule has 1 aliphatic heterocycles. The quantitative estimate of drug-likeness (QED) is 0.284. The van der Waals surface area contributed by atoms with Gasteiger partial charge in [0.2, 0.25) is 25.9 Å². The average molecular weight is 585 g/mol. The summed E-state index contributed by atoms with van der Waals surface area (Å²) in [6, 6.07) is 4.39. The van der Waals surface area contributed by atoms with Gasteiger partial charge in [-0.1, -0.05) is 0 Å². The van der Waals surface area contributed by atoms with Crippen LogP contribution in [0, 0.1) is 26.0 Å². The predicted octanol–water partition coefficient (Wildman–Crippen LogP) is 1.42. The summed E-state index contributed by atoms with van der Waals surface area (Å²) in [5.41, 5.74) is -1.21. The lowest BCUT2D eigenvalue weighted by Crippen LogP contribution is -2.38. The van der Waals surface area contributed by atoms with E-state index in [9.17, 15) is 50.2 Å². The zero-order valence-corrected chi connectivity index (χ0v) is 21.0. The number of nitrogens with one attached hydrogen (secondary N) is 1. The fraction of sp³-hybridized carbons (Fsp3) is 0.368. The van der Waals surface area contributed by atoms with Crippen molar-refractivity contribution >= 4 is 37.1 Å². The molecule has 38 heavy (non-hydrogen) atoms. The maximum atomic E-state index is 12.7. The maximum Gasteiger partial charge on any atom is 0.306 e. The fourth-order valence-corrected chi connectivity index (χ4v) is 4.53. The maximum absolute atomic E-state index is 12.7. The van der Waals surface area contributed by atoms with Crippen LogP contribution < -0.4 is 15.6 Å². The molecule has 1 saturated heterocycles. The molecule has 19 heteroatoms. The largest absolute Gasteiger partial charge is 0.375 e. The average Bonchev–Trinajstić information content (AvgIpc) is 3.27. The summed E-state index contributed by atoms with van der Waals surface area (Å²) >= 11 is 0. The van der Waals surface area contributed by atoms with Crippen LogP contribution in [0.25, 0.3) is 0 Å². The summed E-state index contributed by atoms with van der Waals surface area (Å²) < 4.78 is 82.3. The first-order valence-corrected chi connectivity index (χ1v) is 13.6. The number of nitro groups is 2. The van der Waals surface area contributed by atoms with Crippen LogP contribution in [0.1, 0.15) is 6.42 Å². The smallest absolute Gasteiger partial charge is 0.306 e. The van der Waals surface area contributed by atoms with Gasteiger partial charge in [-0.15, -0.1) is 0 Å². The minimum atomic E-state index is -4.05. The lowest BCUT2D eigenvalue weighted by molar-refractivity contribution is -0.387. The molecule has 1 atom stereocenters. The van der Waals surface area contributed by atoms with E-state index in [1.807, 2.05) is 0 Å². The first kappa shape index (κ1) is 30.8. The molecule has 0 aromatic heterocycles. The van der Waals surface area contributed by atoms with E-state index in [4.69, 9.17) is 10.3 Å². The Bertz CT molecular complexity index is 1410. The van der Waals surface area contributed by atoms with Gasteiger partial charge in [0.05, 0.1) is 25.7 Å². The van der Waals surface area contributed by atoms with Crippen LogP contribution >= 0.6 is 0 Å². The van der Waals surface area contributed by atoms with Crippen LogP contribution in [-0.2, 0) is 20.0 Å². The van der Waals surface area contributed by atoms with Gasteiger partial charge in [-0.05, 0) is 30.7 Å². The molecule has 5 N–H and O–H groups in total. The Morgan fingerprint density at radius 3 is 1.92 bits per heavy atom. The Hall–Kier alpha value is -3.39. The number of nitrogens with zero attached hydrogens (tertiary/aromatic N) is 3. The third-order valence-electron chi connectivity index (χ3n) is 5.39. The van der Waals surface area contributed by atoms with E-state index in [1.54, 1.807) is 4.90 Å². The molecule has 0 spiro atoms. The van der Waals surface area contributed by atoms with Crippen molar-refractivity contribution in [2.24, 2.45) is 10.3 Å². The number of alkyl halides is 2. The molecule has 3 rings (SSSR count). The van der Waals surface area contributed by atoms with Gasteiger partial charge >= 0.3 is 5.69 Å². The van der Waals surface area contributed by atoms with Gasteiger partial charge in [0, 0.05) is 31.3 Å². The molecule has 0 unspecified atom stereocenters. The van der Waals surface area contributed by atoms with E-state index in [1.165, 1.54) is 12.1 Å². The Morgan fingerprint density at radius 2 is 1.45 bits per heavy atom. The lowest BCUT2D eigenvalue weighted by Gasteiger charge is -2.23. The van der Waals surface area contributed by atoms with Gasteiger partial charge < -0.3 is 5.32 Å². The molecule has 1 heterocycles. The topological polar surface area (TPSA) is 222 Å². The van der Waals surface area contributed by atoms with Gasteiger partial charge in [0.1, 0.15) is 19.0 Å². The first-order valence-electron chi connectivity index (χ1n) is 10.5. The number of sulfonamides is 2. The Balaban J connectivity index is 0.000000308. The first-order chi connectivity index (χ1) is 17.6. The number of halogens is 3. The minimum Gasteiger partial charge on any atom is -0.375 e. The Morgan fingerprint density at radius 1 is 0.947 bits per heavy atom. The SMILES string of the molecule is NS(=O)(=O)c1ccc(F)c([N+](=O)[O-])c1.NS(=O)(=O)c1ccc(N[C@@H]2CCN(C(CF)CF)C2)c([N+](=O)[O-])c1. The summed E-state index contributed by atoms with van der Waals surface area (Å²) in [6.45, 7) is -0.787. The molecular weight excluding hydrogens is 561 g/mol. The zero-order chi connectivity index (χ0) is 28.8. The molecule has 0 amide bonds. The molecule has 2 aromatic rings. The molecule has 0 aliphatic carbocycles. The van der Waals surface area contributed by atoms with Crippen LogP contribution in [0.5, 0.6) is 0 Å². The predicted molar refractivity (Wildman–Crippen MR) is 128 cm³/mol. The Labute approximate surface area is 214 Å². The van der Waals surface area contributed by atoms with Crippen molar-refractivity contribution in [1.82, 2.24) is 4.90 Å². The second kappa shape index (κ2) is 12.4. The fourth-order valence-electron chi connectivity index (χ4n) is 3.46. The summed E-state index contributed by atoms with van der Waals surface area (Å²) in [7, 11) is -8.10. The summed E-state index contributed by atoms with van der Waals surface area (Å²) in [5, 5.41) is 34.0. The molecule has 210 valence electrons. The second-order valence-corrected chi connectivity index (χ2v) is 11.1. The summed E-state index contributed by atoms with van der Waals surface area (Å²) in [4.78, 5) is 20.4. The number of nitrogens with two attached hydrogens (primary N) is 2. The van der Waals surface area contributed by atoms with Crippen molar-refractivity contribution in [3.63, 3.8) is 0 Å². The molecule has 0 radical (unpaired) electrons. The van der Waals surface area contributed by atoms with Gasteiger partial charge in [-0.2, -0.15) is 4.39 Å². The van der Waals surface area contributed by atoms with Crippen LogP contribution in [0.3, 0.4) is 0 Å². The highest BCUT2D eigenvalue weighted by Gasteiger charge is 2.30. The third kappa shape index (κ3) is 8.05.